The lowest BCUT2D eigenvalue weighted by molar-refractivity contribution is 0.166. The van der Waals surface area contributed by atoms with Crippen molar-refractivity contribution in [2.24, 2.45) is 0 Å². The number of hydrogen-bond donors (Lipinski definition) is 1. The quantitative estimate of drug-likeness (QED) is 0.870. The zero-order valence-electron chi connectivity index (χ0n) is 11.7. The van der Waals surface area contributed by atoms with Gasteiger partial charge in [-0.1, -0.05) is 32.3 Å². The summed E-state index contributed by atoms with van der Waals surface area (Å²) in [6.07, 6.45) is 5.21. The van der Waals surface area contributed by atoms with Crippen LogP contribution in [0.2, 0.25) is 0 Å². The molecule has 0 aromatic carbocycles. The average Bonchev–Trinajstić information content (AvgIpc) is 2.99. The van der Waals surface area contributed by atoms with Crippen molar-refractivity contribution in [3.05, 3.63) is 35.7 Å². The number of hydrogen-bond acceptors (Lipinski definition) is 4. The van der Waals surface area contributed by atoms with E-state index in [4.69, 9.17) is 4.52 Å². The highest BCUT2D eigenvalue weighted by Gasteiger charge is 2.11. The topological polar surface area (TPSA) is 64.1 Å². The summed E-state index contributed by atoms with van der Waals surface area (Å²) in [7, 11) is 0. The monoisotopic (exact) mass is 263 g/mol. The standard InChI is InChI=1S/C14H21N3O2/c1-4-5-12(18)11-6-7-17(8-11)9-13-15-14(10(2)3)16-19-13/h6-8,10,12,18H,4-5,9H2,1-3H3. The molecular weight excluding hydrogens is 242 g/mol. The molecule has 2 aromatic rings. The van der Waals surface area contributed by atoms with Crippen LogP contribution in [-0.2, 0) is 6.54 Å². The van der Waals surface area contributed by atoms with Crippen LogP contribution < -0.4 is 0 Å². The number of rotatable bonds is 6. The van der Waals surface area contributed by atoms with E-state index in [9.17, 15) is 5.11 Å². The Labute approximate surface area is 113 Å². The van der Waals surface area contributed by atoms with E-state index in [0.29, 0.717) is 12.4 Å². The molecule has 5 heteroatoms. The second-order valence-electron chi connectivity index (χ2n) is 5.12. The Morgan fingerprint density at radius 3 is 2.84 bits per heavy atom. The number of nitrogens with zero attached hydrogens (tertiary/aromatic N) is 3. The van der Waals surface area contributed by atoms with Crippen LogP contribution in [0.3, 0.4) is 0 Å². The Bertz CT molecular complexity index is 516. The molecule has 1 atom stereocenters. The highest BCUT2D eigenvalue weighted by molar-refractivity contribution is 5.14. The van der Waals surface area contributed by atoms with Crippen LogP contribution in [0.4, 0.5) is 0 Å². The second kappa shape index (κ2) is 6.02. The molecule has 2 heterocycles. The van der Waals surface area contributed by atoms with Crippen molar-refractivity contribution in [1.82, 2.24) is 14.7 Å². The van der Waals surface area contributed by atoms with Gasteiger partial charge >= 0.3 is 0 Å². The van der Waals surface area contributed by atoms with E-state index in [1.165, 1.54) is 0 Å². The predicted molar refractivity (Wildman–Crippen MR) is 71.8 cm³/mol. The fourth-order valence-electron chi connectivity index (χ4n) is 1.92. The minimum Gasteiger partial charge on any atom is -0.388 e. The SMILES string of the molecule is CCCC(O)c1ccn(Cc2nc(C(C)C)no2)c1. The molecule has 1 unspecified atom stereocenters. The third-order valence-corrected chi connectivity index (χ3v) is 3.04. The second-order valence-corrected chi connectivity index (χ2v) is 5.12. The van der Waals surface area contributed by atoms with E-state index in [2.05, 4.69) is 17.1 Å². The number of aliphatic hydroxyl groups is 1. The number of aromatic nitrogens is 3. The lowest BCUT2D eigenvalue weighted by Gasteiger charge is -2.05. The van der Waals surface area contributed by atoms with Gasteiger partial charge in [-0.15, -0.1) is 0 Å². The maximum atomic E-state index is 9.91. The molecule has 0 spiro atoms. The molecule has 1 N–H and O–H groups in total. The van der Waals surface area contributed by atoms with Gasteiger partial charge in [-0.25, -0.2) is 0 Å². The molecule has 0 radical (unpaired) electrons. The van der Waals surface area contributed by atoms with Crippen LogP contribution in [0.5, 0.6) is 0 Å². The molecule has 0 saturated carbocycles. The lowest BCUT2D eigenvalue weighted by atomic mass is 10.1. The molecule has 19 heavy (non-hydrogen) atoms. The molecule has 0 aliphatic heterocycles. The molecule has 0 aliphatic rings. The van der Waals surface area contributed by atoms with Gasteiger partial charge in [0.05, 0.1) is 6.10 Å². The van der Waals surface area contributed by atoms with E-state index < -0.39 is 0 Å². The molecule has 104 valence electrons. The summed E-state index contributed by atoms with van der Waals surface area (Å²) in [5.74, 6) is 1.59. The Balaban J connectivity index is 2.02. The largest absolute Gasteiger partial charge is 0.388 e. The minimum atomic E-state index is -0.389. The first-order valence-corrected chi connectivity index (χ1v) is 6.76. The number of aliphatic hydroxyl groups excluding tert-OH is 1. The molecule has 2 rings (SSSR count). The van der Waals surface area contributed by atoms with Gasteiger partial charge < -0.3 is 14.2 Å². The maximum Gasteiger partial charge on any atom is 0.246 e. The van der Waals surface area contributed by atoms with Gasteiger partial charge in [-0.2, -0.15) is 4.98 Å². The van der Waals surface area contributed by atoms with E-state index in [0.717, 1.165) is 24.2 Å². The zero-order chi connectivity index (χ0) is 13.8. The van der Waals surface area contributed by atoms with Crippen molar-refractivity contribution in [2.75, 3.05) is 0 Å². The molecule has 0 amide bonds. The highest BCUT2D eigenvalue weighted by atomic mass is 16.5. The molecule has 5 nitrogen and oxygen atoms in total. The maximum absolute atomic E-state index is 9.91. The summed E-state index contributed by atoms with van der Waals surface area (Å²) >= 11 is 0. The van der Waals surface area contributed by atoms with E-state index in [1.807, 2.05) is 36.9 Å². The Kier molecular flexibility index (Phi) is 4.37. The molecule has 0 bridgehead atoms. The van der Waals surface area contributed by atoms with Crippen molar-refractivity contribution < 1.29 is 9.63 Å². The highest BCUT2D eigenvalue weighted by Crippen LogP contribution is 2.19. The molecule has 2 aromatic heterocycles. The van der Waals surface area contributed by atoms with E-state index >= 15 is 0 Å². The normalized spacial score (nSPS) is 13.1. The van der Waals surface area contributed by atoms with Gasteiger partial charge in [0.2, 0.25) is 5.89 Å². The fourth-order valence-corrected chi connectivity index (χ4v) is 1.92. The van der Waals surface area contributed by atoms with Crippen LogP contribution in [0, 0.1) is 0 Å². The van der Waals surface area contributed by atoms with Crippen LogP contribution in [0.25, 0.3) is 0 Å². The van der Waals surface area contributed by atoms with Crippen molar-refractivity contribution in [3.63, 3.8) is 0 Å². The van der Waals surface area contributed by atoms with Gasteiger partial charge in [0.25, 0.3) is 0 Å². The summed E-state index contributed by atoms with van der Waals surface area (Å²) in [4.78, 5) is 4.33. The van der Waals surface area contributed by atoms with Crippen LogP contribution in [-0.4, -0.2) is 19.8 Å². The lowest BCUT2D eigenvalue weighted by Crippen LogP contribution is -1.99. The summed E-state index contributed by atoms with van der Waals surface area (Å²) in [5.41, 5.74) is 0.936. The molecule has 0 aliphatic carbocycles. The Morgan fingerprint density at radius 1 is 1.42 bits per heavy atom. The third-order valence-electron chi connectivity index (χ3n) is 3.04. The smallest absolute Gasteiger partial charge is 0.246 e. The van der Waals surface area contributed by atoms with Crippen LogP contribution >= 0.6 is 0 Å². The Hall–Kier alpha value is -1.62. The summed E-state index contributed by atoms with van der Waals surface area (Å²) < 4.78 is 7.15. The summed E-state index contributed by atoms with van der Waals surface area (Å²) in [5, 5.41) is 13.8. The molecule has 0 fully saturated rings. The van der Waals surface area contributed by atoms with Crippen molar-refractivity contribution in [2.45, 2.75) is 52.2 Å². The Morgan fingerprint density at radius 2 is 2.21 bits per heavy atom. The summed E-state index contributed by atoms with van der Waals surface area (Å²) in [6, 6.07) is 1.93. The fraction of sp³-hybridized carbons (Fsp3) is 0.571. The van der Waals surface area contributed by atoms with Gasteiger partial charge in [0.1, 0.15) is 6.54 Å². The first-order chi connectivity index (χ1) is 9.10. The first kappa shape index (κ1) is 13.8. The molecule has 0 saturated heterocycles. The minimum absolute atomic E-state index is 0.268. The van der Waals surface area contributed by atoms with Crippen molar-refractivity contribution in [1.29, 1.82) is 0 Å². The zero-order valence-corrected chi connectivity index (χ0v) is 11.7. The van der Waals surface area contributed by atoms with Gasteiger partial charge in [0, 0.05) is 18.3 Å². The van der Waals surface area contributed by atoms with Crippen molar-refractivity contribution in [3.8, 4) is 0 Å². The van der Waals surface area contributed by atoms with E-state index in [1.54, 1.807) is 0 Å². The van der Waals surface area contributed by atoms with Crippen LogP contribution in [0.15, 0.2) is 23.0 Å². The molecular formula is C14H21N3O2. The van der Waals surface area contributed by atoms with Gasteiger partial charge in [0.15, 0.2) is 5.82 Å². The van der Waals surface area contributed by atoms with Gasteiger partial charge in [-0.05, 0) is 18.1 Å². The van der Waals surface area contributed by atoms with E-state index in [-0.39, 0.29) is 12.0 Å². The third kappa shape index (κ3) is 3.44. The summed E-state index contributed by atoms with van der Waals surface area (Å²) in [6.45, 7) is 6.66. The average molecular weight is 263 g/mol. The first-order valence-electron chi connectivity index (χ1n) is 6.76. The van der Waals surface area contributed by atoms with Gasteiger partial charge in [-0.3, -0.25) is 0 Å². The predicted octanol–water partition coefficient (Wildman–Crippen LogP) is 2.88. The van der Waals surface area contributed by atoms with Crippen LogP contribution in [0.1, 0.15) is 62.9 Å². The van der Waals surface area contributed by atoms with Crippen molar-refractivity contribution >= 4 is 0 Å².